The normalized spacial score (nSPS) is 12.7. The molecule has 0 fully saturated rings. The molecule has 0 amide bonds. The third-order valence-corrected chi connectivity index (χ3v) is 5.68. The van der Waals surface area contributed by atoms with Crippen LogP contribution in [0, 0.1) is 0 Å². The summed E-state index contributed by atoms with van der Waals surface area (Å²) in [6.45, 7) is 4.38. The van der Waals surface area contributed by atoms with E-state index in [4.69, 9.17) is 0 Å². The molecule has 0 radical (unpaired) electrons. The predicted octanol–water partition coefficient (Wildman–Crippen LogP) is 7.62. The molecule has 0 bridgehead atoms. The molecule has 2 unspecified atom stereocenters. The van der Waals surface area contributed by atoms with Gasteiger partial charge >= 0.3 is 0 Å². The van der Waals surface area contributed by atoms with Gasteiger partial charge in [-0.25, -0.2) is 0 Å². The molecule has 2 nitrogen and oxygen atoms in total. The smallest absolute Gasteiger partial charge is 0.0485 e. The van der Waals surface area contributed by atoms with Gasteiger partial charge in [0.1, 0.15) is 0 Å². The summed E-state index contributed by atoms with van der Waals surface area (Å²) in [5.74, 6) is 0. The van der Waals surface area contributed by atoms with Crippen LogP contribution < -0.4 is 10.6 Å². The van der Waals surface area contributed by atoms with Crippen molar-refractivity contribution in [3.63, 3.8) is 0 Å². The Balaban J connectivity index is 1.33. The number of anilines is 2. The van der Waals surface area contributed by atoms with E-state index in [-0.39, 0.29) is 12.1 Å². The van der Waals surface area contributed by atoms with Crippen LogP contribution in [0.3, 0.4) is 0 Å². The van der Waals surface area contributed by atoms with Gasteiger partial charge < -0.3 is 10.6 Å². The molecule has 4 rings (SSSR count). The van der Waals surface area contributed by atoms with Crippen molar-refractivity contribution in [3.8, 4) is 0 Å². The van der Waals surface area contributed by atoms with Gasteiger partial charge in [-0.3, -0.25) is 0 Å². The number of benzene rings is 4. The van der Waals surface area contributed by atoms with E-state index in [1.807, 2.05) is 0 Å². The van der Waals surface area contributed by atoms with Gasteiger partial charge in [0.2, 0.25) is 0 Å². The summed E-state index contributed by atoms with van der Waals surface area (Å²) < 4.78 is 0. The average molecular weight is 407 g/mol. The van der Waals surface area contributed by atoms with Gasteiger partial charge in [-0.2, -0.15) is 0 Å². The fraction of sp³-hybridized carbons (Fsp3) is 0.172. The zero-order chi connectivity index (χ0) is 21.5. The van der Waals surface area contributed by atoms with Crippen LogP contribution in [0.25, 0.3) is 0 Å². The molecule has 0 saturated heterocycles. The molecular weight excluding hydrogens is 376 g/mol. The lowest BCUT2D eigenvalue weighted by molar-refractivity contribution is 0.884. The van der Waals surface area contributed by atoms with Crippen molar-refractivity contribution < 1.29 is 0 Å². The van der Waals surface area contributed by atoms with Crippen molar-refractivity contribution in [2.45, 2.75) is 32.4 Å². The maximum atomic E-state index is 3.58. The molecule has 2 N–H and O–H groups in total. The van der Waals surface area contributed by atoms with Crippen LogP contribution >= 0.6 is 0 Å². The Bertz CT molecular complexity index is 966. The lowest BCUT2D eigenvalue weighted by Crippen LogP contribution is -2.06. The second-order valence-electron chi connectivity index (χ2n) is 8.12. The van der Waals surface area contributed by atoms with E-state index in [2.05, 4.69) is 134 Å². The van der Waals surface area contributed by atoms with Crippen molar-refractivity contribution in [3.05, 3.63) is 131 Å². The molecule has 0 aromatic heterocycles. The average Bonchev–Trinajstić information content (AvgIpc) is 2.82. The number of rotatable bonds is 8. The SMILES string of the molecule is CC(Nc1ccc(Cc2ccc(NC(C)c3ccccc3)cc2)cc1)c1ccccc1. The first-order valence-electron chi connectivity index (χ1n) is 11.0. The van der Waals surface area contributed by atoms with Gasteiger partial charge in [-0.1, -0.05) is 84.9 Å². The van der Waals surface area contributed by atoms with Crippen molar-refractivity contribution in [1.82, 2.24) is 0 Å². The minimum absolute atomic E-state index is 0.283. The Morgan fingerprint density at radius 1 is 0.484 bits per heavy atom. The fourth-order valence-corrected chi connectivity index (χ4v) is 3.82. The monoisotopic (exact) mass is 406 g/mol. The Hall–Kier alpha value is -3.52. The van der Waals surface area contributed by atoms with E-state index in [9.17, 15) is 0 Å². The maximum absolute atomic E-state index is 3.58. The van der Waals surface area contributed by atoms with E-state index in [1.54, 1.807) is 0 Å². The van der Waals surface area contributed by atoms with Gasteiger partial charge in [0.15, 0.2) is 0 Å². The van der Waals surface area contributed by atoms with Crippen LogP contribution in [0.15, 0.2) is 109 Å². The Labute approximate surface area is 186 Å². The highest BCUT2D eigenvalue weighted by atomic mass is 14.9. The second-order valence-corrected chi connectivity index (χ2v) is 8.12. The van der Waals surface area contributed by atoms with Crippen LogP contribution in [0.4, 0.5) is 11.4 Å². The highest BCUT2D eigenvalue weighted by Gasteiger charge is 2.06. The summed E-state index contributed by atoms with van der Waals surface area (Å²) in [7, 11) is 0. The van der Waals surface area contributed by atoms with E-state index in [0.29, 0.717) is 0 Å². The third kappa shape index (κ3) is 5.76. The summed E-state index contributed by atoms with van der Waals surface area (Å²) in [6.07, 6.45) is 0.934. The summed E-state index contributed by atoms with van der Waals surface area (Å²) in [6, 6.07) is 39.2. The predicted molar refractivity (Wildman–Crippen MR) is 133 cm³/mol. The number of hydrogen-bond donors (Lipinski definition) is 2. The second kappa shape index (κ2) is 9.99. The van der Waals surface area contributed by atoms with Crippen molar-refractivity contribution in [2.75, 3.05) is 10.6 Å². The molecule has 0 saturated carbocycles. The molecule has 2 atom stereocenters. The zero-order valence-corrected chi connectivity index (χ0v) is 18.3. The van der Waals surface area contributed by atoms with Gasteiger partial charge in [-0.05, 0) is 66.8 Å². The quantitative estimate of drug-likeness (QED) is 0.314. The third-order valence-electron chi connectivity index (χ3n) is 5.68. The topological polar surface area (TPSA) is 24.1 Å². The summed E-state index contributed by atoms with van der Waals surface area (Å²) in [5, 5.41) is 7.16. The highest BCUT2D eigenvalue weighted by Crippen LogP contribution is 2.22. The van der Waals surface area contributed by atoms with Crippen LogP contribution in [0.5, 0.6) is 0 Å². The highest BCUT2D eigenvalue weighted by molar-refractivity contribution is 5.49. The van der Waals surface area contributed by atoms with Crippen LogP contribution in [0.1, 0.15) is 48.2 Å². The van der Waals surface area contributed by atoms with Crippen LogP contribution in [-0.2, 0) is 6.42 Å². The molecule has 31 heavy (non-hydrogen) atoms. The first-order valence-corrected chi connectivity index (χ1v) is 11.0. The Morgan fingerprint density at radius 2 is 0.839 bits per heavy atom. The largest absolute Gasteiger partial charge is 0.379 e. The number of nitrogens with one attached hydrogen (secondary N) is 2. The minimum atomic E-state index is 0.283. The Kier molecular flexibility index (Phi) is 6.68. The van der Waals surface area contributed by atoms with Gasteiger partial charge in [0.25, 0.3) is 0 Å². The maximum Gasteiger partial charge on any atom is 0.0485 e. The van der Waals surface area contributed by atoms with Crippen molar-refractivity contribution in [1.29, 1.82) is 0 Å². The summed E-state index contributed by atoms with van der Waals surface area (Å²) >= 11 is 0. The van der Waals surface area contributed by atoms with E-state index < -0.39 is 0 Å². The fourth-order valence-electron chi connectivity index (χ4n) is 3.82. The first-order chi connectivity index (χ1) is 15.2. The molecule has 4 aromatic rings. The Morgan fingerprint density at radius 3 is 1.19 bits per heavy atom. The molecule has 0 heterocycles. The van der Waals surface area contributed by atoms with E-state index >= 15 is 0 Å². The zero-order valence-electron chi connectivity index (χ0n) is 18.3. The molecule has 2 heteroatoms. The molecule has 0 spiro atoms. The molecule has 156 valence electrons. The lowest BCUT2D eigenvalue weighted by Gasteiger charge is -2.16. The number of hydrogen-bond acceptors (Lipinski definition) is 2. The molecule has 0 aliphatic heterocycles. The molecule has 4 aromatic carbocycles. The molecule has 0 aliphatic rings. The van der Waals surface area contributed by atoms with E-state index in [1.165, 1.54) is 22.3 Å². The van der Waals surface area contributed by atoms with Gasteiger partial charge in [-0.15, -0.1) is 0 Å². The van der Waals surface area contributed by atoms with Gasteiger partial charge in [0, 0.05) is 23.5 Å². The molecule has 0 aliphatic carbocycles. The van der Waals surface area contributed by atoms with E-state index in [0.717, 1.165) is 17.8 Å². The summed E-state index contributed by atoms with van der Waals surface area (Å²) in [5.41, 5.74) is 7.51. The van der Waals surface area contributed by atoms with Gasteiger partial charge in [0.05, 0.1) is 0 Å². The minimum Gasteiger partial charge on any atom is -0.379 e. The lowest BCUT2D eigenvalue weighted by atomic mass is 10.0. The standard InChI is InChI=1S/C29H30N2/c1-22(26-9-5-3-6-10-26)30-28-17-13-24(14-18-28)21-25-15-19-29(20-16-25)31-23(2)27-11-7-4-8-12-27/h3-20,22-23,30-31H,21H2,1-2H3. The van der Waals surface area contributed by atoms with Crippen molar-refractivity contribution in [2.24, 2.45) is 0 Å². The van der Waals surface area contributed by atoms with Crippen molar-refractivity contribution >= 4 is 11.4 Å². The van der Waals surface area contributed by atoms with Crippen LogP contribution in [0.2, 0.25) is 0 Å². The molecular formula is C29H30N2. The summed E-state index contributed by atoms with van der Waals surface area (Å²) in [4.78, 5) is 0. The van der Waals surface area contributed by atoms with Crippen LogP contribution in [-0.4, -0.2) is 0 Å². The first kappa shape index (κ1) is 20.7.